The lowest BCUT2D eigenvalue weighted by atomic mass is 10.2. The van der Waals surface area contributed by atoms with Crippen LogP contribution in [0.1, 0.15) is 24.2 Å². The fraction of sp³-hybridized carbons (Fsp3) is 0.316. The molecule has 1 aliphatic heterocycles. The summed E-state index contributed by atoms with van der Waals surface area (Å²) >= 11 is 6.03. The van der Waals surface area contributed by atoms with E-state index in [1.165, 1.54) is 12.8 Å². The molecule has 2 aromatic heterocycles. The lowest BCUT2D eigenvalue weighted by Crippen LogP contribution is -2.22. The second-order valence-corrected chi connectivity index (χ2v) is 7.06. The normalized spacial score (nSPS) is 15.5. The zero-order valence-electron chi connectivity index (χ0n) is 14.8. The van der Waals surface area contributed by atoms with Gasteiger partial charge in [-0.1, -0.05) is 22.8 Å². The highest BCUT2D eigenvalue weighted by atomic mass is 35.5. The highest BCUT2D eigenvalue weighted by Gasteiger charge is 2.16. The number of hydrogen-bond donors (Lipinski definition) is 3. The molecule has 1 aromatic carbocycles. The van der Waals surface area contributed by atoms with Gasteiger partial charge in [0.2, 0.25) is 0 Å². The van der Waals surface area contributed by atoms with Crippen LogP contribution in [0.2, 0.25) is 5.02 Å². The minimum absolute atomic E-state index is 0.305. The van der Waals surface area contributed by atoms with Gasteiger partial charge in [-0.15, -0.1) is 0 Å². The minimum atomic E-state index is 0.305. The summed E-state index contributed by atoms with van der Waals surface area (Å²) in [4.78, 5) is 14.7. The van der Waals surface area contributed by atoms with Gasteiger partial charge >= 0.3 is 0 Å². The molecular formula is C19H21ClN6O. The molecule has 3 aromatic rings. The van der Waals surface area contributed by atoms with Crippen LogP contribution in [0.25, 0.3) is 11.2 Å². The maximum Gasteiger partial charge on any atom is 0.179 e. The van der Waals surface area contributed by atoms with Gasteiger partial charge in [-0.3, -0.25) is 0 Å². The third-order valence-electron chi connectivity index (χ3n) is 4.75. The van der Waals surface area contributed by atoms with E-state index in [0.717, 1.165) is 43.1 Å². The number of H-pyrrole nitrogens is 1. The van der Waals surface area contributed by atoms with Gasteiger partial charge in [0.1, 0.15) is 5.82 Å². The Morgan fingerprint density at radius 2 is 2.15 bits per heavy atom. The molecule has 1 saturated heterocycles. The molecule has 0 spiro atoms. The number of benzene rings is 1. The molecule has 0 atom stereocenters. The van der Waals surface area contributed by atoms with E-state index in [9.17, 15) is 5.21 Å². The number of nitrogens with one attached hydrogen (secondary N) is 2. The first kappa shape index (κ1) is 17.8. The number of halogens is 1. The van der Waals surface area contributed by atoms with Crippen molar-refractivity contribution in [3.05, 3.63) is 52.9 Å². The number of aromatic nitrogens is 3. The van der Waals surface area contributed by atoms with Crippen molar-refractivity contribution < 1.29 is 5.21 Å². The van der Waals surface area contributed by atoms with E-state index in [0.29, 0.717) is 22.1 Å². The van der Waals surface area contributed by atoms with E-state index in [2.05, 4.69) is 30.3 Å². The second kappa shape index (κ2) is 7.94. The number of fused-ring (bicyclic) bond motifs is 1. The van der Waals surface area contributed by atoms with Gasteiger partial charge < -0.3 is 20.4 Å². The summed E-state index contributed by atoms with van der Waals surface area (Å²) in [5.74, 6) is 1.19. The summed E-state index contributed by atoms with van der Waals surface area (Å²) in [6, 6.07) is 9.02. The van der Waals surface area contributed by atoms with Crippen LogP contribution >= 0.6 is 11.6 Å². The molecule has 27 heavy (non-hydrogen) atoms. The van der Waals surface area contributed by atoms with Crippen LogP contribution in [0, 0.1) is 0 Å². The minimum Gasteiger partial charge on any atom is -0.409 e. The van der Waals surface area contributed by atoms with E-state index in [4.69, 9.17) is 11.6 Å². The monoisotopic (exact) mass is 384 g/mol. The van der Waals surface area contributed by atoms with E-state index in [-0.39, 0.29) is 0 Å². The van der Waals surface area contributed by atoms with Crippen LogP contribution in [0.5, 0.6) is 0 Å². The Bertz CT molecular complexity index is 964. The highest BCUT2D eigenvalue weighted by molar-refractivity contribution is 6.31. The predicted octanol–water partition coefficient (Wildman–Crippen LogP) is 3.50. The number of aromatic amines is 1. The van der Waals surface area contributed by atoms with Crippen LogP contribution < -0.4 is 5.32 Å². The maximum atomic E-state index is 9.55. The van der Waals surface area contributed by atoms with Crippen molar-refractivity contribution in [1.29, 1.82) is 0 Å². The van der Waals surface area contributed by atoms with Crippen LogP contribution in [0.3, 0.4) is 0 Å². The summed E-state index contributed by atoms with van der Waals surface area (Å²) in [5.41, 5.74) is 2.78. The van der Waals surface area contributed by atoms with E-state index < -0.39 is 0 Å². The molecule has 0 bridgehead atoms. The summed E-state index contributed by atoms with van der Waals surface area (Å²) in [6.07, 6.45) is 5.05. The molecule has 0 amide bonds. The molecule has 4 rings (SSSR count). The molecule has 8 heteroatoms. The molecule has 3 heterocycles. The number of rotatable bonds is 5. The number of oxime groups is 1. The van der Waals surface area contributed by atoms with Gasteiger partial charge in [-0.25, -0.2) is 9.97 Å². The molecule has 3 N–H and O–H groups in total. The van der Waals surface area contributed by atoms with E-state index in [1.54, 1.807) is 24.4 Å². The Hall–Kier alpha value is -2.64. The number of anilines is 1. The van der Waals surface area contributed by atoms with E-state index >= 15 is 0 Å². The Morgan fingerprint density at radius 3 is 2.93 bits per heavy atom. The number of hydrogen-bond acceptors (Lipinski definition) is 5. The number of imidazole rings is 1. The molecular weight excluding hydrogens is 364 g/mol. The molecule has 0 saturated carbocycles. The Labute approximate surface area is 162 Å². The average Bonchev–Trinajstić information content (AvgIpc) is 3.33. The van der Waals surface area contributed by atoms with Crippen molar-refractivity contribution in [2.45, 2.75) is 19.3 Å². The van der Waals surface area contributed by atoms with Gasteiger partial charge in [0.15, 0.2) is 11.5 Å². The first-order valence-corrected chi connectivity index (χ1v) is 9.42. The van der Waals surface area contributed by atoms with Gasteiger partial charge in [0.05, 0.1) is 5.52 Å². The zero-order chi connectivity index (χ0) is 18.6. The number of pyridine rings is 1. The van der Waals surface area contributed by atoms with Crippen LogP contribution in [0.4, 0.5) is 5.69 Å². The van der Waals surface area contributed by atoms with Gasteiger partial charge in [-0.2, -0.15) is 0 Å². The first-order valence-electron chi connectivity index (χ1n) is 9.04. The van der Waals surface area contributed by atoms with Crippen LogP contribution in [-0.4, -0.2) is 50.5 Å². The molecule has 7 nitrogen and oxygen atoms in total. The van der Waals surface area contributed by atoms with Crippen molar-refractivity contribution in [2.24, 2.45) is 5.16 Å². The van der Waals surface area contributed by atoms with Gasteiger partial charge in [0.25, 0.3) is 0 Å². The Kier molecular flexibility index (Phi) is 5.22. The maximum absolute atomic E-state index is 9.55. The molecule has 140 valence electrons. The molecule has 0 radical (unpaired) electrons. The lowest BCUT2D eigenvalue weighted by molar-refractivity contribution is 0.319. The summed E-state index contributed by atoms with van der Waals surface area (Å²) in [6.45, 7) is 3.31. The van der Waals surface area contributed by atoms with Crippen molar-refractivity contribution in [2.75, 3.05) is 25.0 Å². The Morgan fingerprint density at radius 1 is 1.30 bits per heavy atom. The number of amidine groups is 1. The second-order valence-electron chi connectivity index (χ2n) is 6.62. The zero-order valence-corrected chi connectivity index (χ0v) is 15.6. The fourth-order valence-electron chi connectivity index (χ4n) is 3.39. The highest BCUT2D eigenvalue weighted by Crippen LogP contribution is 2.20. The third kappa shape index (κ3) is 4.04. The van der Waals surface area contributed by atoms with E-state index in [1.807, 2.05) is 12.1 Å². The van der Waals surface area contributed by atoms with Crippen LogP contribution in [0.15, 0.2) is 41.7 Å². The largest absolute Gasteiger partial charge is 0.409 e. The molecule has 1 aliphatic rings. The molecule has 0 aliphatic carbocycles. The Balaban J connectivity index is 1.58. The summed E-state index contributed by atoms with van der Waals surface area (Å²) < 4.78 is 0. The SMILES string of the molecule is O/N=C(/Nc1cccc(Cl)c1)c1ccnc2nc(CCN3CCCC3)[nH]c12. The van der Waals surface area contributed by atoms with Gasteiger partial charge in [-0.05, 0) is 50.2 Å². The molecule has 1 fully saturated rings. The van der Waals surface area contributed by atoms with Crippen molar-refractivity contribution in [1.82, 2.24) is 19.9 Å². The standard InChI is InChI=1S/C19H21ClN6O/c20-13-4-3-5-14(12-13)22-18(25-27)15-6-8-21-19-17(15)23-16(24-19)7-11-26-9-1-2-10-26/h3-6,8,12,27H,1-2,7,9-11H2,(H,22,25)(H,21,23,24). The van der Waals surface area contributed by atoms with Crippen molar-refractivity contribution >= 4 is 34.3 Å². The number of likely N-dealkylation sites (tertiary alicyclic amines) is 1. The number of nitrogens with zero attached hydrogens (tertiary/aromatic N) is 4. The average molecular weight is 385 g/mol. The quantitative estimate of drug-likeness (QED) is 0.271. The van der Waals surface area contributed by atoms with Crippen molar-refractivity contribution in [3.8, 4) is 0 Å². The molecule has 0 unspecified atom stereocenters. The fourth-order valence-corrected chi connectivity index (χ4v) is 3.58. The van der Waals surface area contributed by atoms with Crippen molar-refractivity contribution in [3.63, 3.8) is 0 Å². The smallest absolute Gasteiger partial charge is 0.179 e. The first-order chi connectivity index (χ1) is 13.2. The summed E-state index contributed by atoms with van der Waals surface area (Å²) in [5, 5.41) is 16.7. The topological polar surface area (TPSA) is 89.4 Å². The third-order valence-corrected chi connectivity index (χ3v) is 4.98. The lowest BCUT2D eigenvalue weighted by Gasteiger charge is -2.12. The summed E-state index contributed by atoms with van der Waals surface area (Å²) in [7, 11) is 0. The van der Waals surface area contributed by atoms with Crippen LogP contribution in [-0.2, 0) is 6.42 Å². The van der Waals surface area contributed by atoms with Gasteiger partial charge in [0, 0.05) is 35.4 Å². The predicted molar refractivity (Wildman–Crippen MR) is 107 cm³/mol.